The third-order valence-electron chi connectivity index (χ3n) is 4.98. The lowest BCUT2D eigenvalue weighted by Gasteiger charge is -2.15. The van der Waals surface area contributed by atoms with Gasteiger partial charge in [-0.15, -0.1) is 5.06 Å². The summed E-state index contributed by atoms with van der Waals surface area (Å²) < 4.78 is 45.1. The Morgan fingerprint density at radius 2 is 1.16 bits per heavy atom. The molecule has 0 N–H and O–H groups in total. The molecule has 2 unspecified atom stereocenters. The largest absolute Gasteiger partial charge is 0.417 e. The van der Waals surface area contributed by atoms with Crippen molar-refractivity contribution in [2.24, 2.45) is 0 Å². The Bertz CT molecular complexity index is 1030. The number of rotatable bonds is 5. The molecule has 2 atom stereocenters. The molecule has 0 saturated carbocycles. The summed E-state index contributed by atoms with van der Waals surface area (Å²) in [6, 6.07) is 22.4. The molecule has 0 spiro atoms. The van der Waals surface area contributed by atoms with Gasteiger partial charge in [0.25, 0.3) is 11.8 Å². The van der Waals surface area contributed by atoms with Crippen LogP contribution in [0.3, 0.4) is 0 Å². The van der Waals surface area contributed by atoms with E-state index >= 15 is 0 Å². The number of hydroxylamine groups is 2. The Labute approximate surface area is 180 Å². The van der Waals surface area contributed by atoms with Crippen LogP contribution in [0.25, 0.3) is 0 Å². The van der Waals surface area contributed by atoms with Gasteiger partial charge in [-0.2, -0.15) is 17.5 Å². The van der Waals surface area contributed by atoms with Gasteiger partial charge in [0, 0.05) is 0 Å². The number of benzene rings is 3. The van der Waals surface area contributed by atoms with Gasteiger partial charge in [0.1, 0.15) is 0 Å². The first-order valence-electron chi connectivity index (χ1n) is 9.36. The van der Waals surface area contributed by atoms with Crippen molar-refractivity contribution < 1.29 is 27.0 Å². The highest BCUT2D eigenvalue weighted by molar-refractivity contribution is 7.94. The standard InChI is InChI=1S/C23H16F3NO3S/c24-23(25,26)17-13-7-8-14-18(17)31-30-27-21(28)19(15-9-3-1-4-10-15)20(22(27)29)16-11-5-2-6-12-16/h1-14,19-20H. The van der Waals surface area contributed by atoms with E-state index in [1.807, 2.05) is 0 Å². The molecule has 1 heterocycles. The zero-order valence-corrected chi connectivity index (χ0v) is 16.8. The number of imide groups is 1. The van der Waals surface area contributed by atoms with Crippen LogP contribution in [0.2, 0.25) is 0 Å². The van der Waals surface area contributed by atoms with Crippen molar-refractivity contribution in [2.75, 3.05) is 0 Å². The molecule has 0 radical (unpaired) electrons. The Morgan fingerprint density at radius 1 is 0.710 bits per heavy atom. The molecule has 4 nitrogen and oxygen atoms in total. The summed E-state index contributed by atoms with van der Waals surface area (Å²) in [5.74, 6) is -2.92. The molecule has 0 bridgehead atoms. The maximum atomic E-state index is 13.3. The lowest BCUT2D eigenvalue weighted by molar-refractivity contribution is -0.162. The van der Waals surface area contributed by atoms with E-state index in [-0.39, 0.29) is 4.90 Å². The van der Waals surface area contributed by atoms with E-state index in [1.165, 1.54) is 18.2 Å². The molecule has 1 fully saturated rings. The minimum Gasteiger partial charge on any atom is -0.271 e. The third kappa shape index (κ3) is 4.22. The van der Waals surface area contributed by atoms with Crippen LogP contribution in [0.5, 0.6) is 0 Å². The average molecular weight is 443 g/mol. The Kier molecular flexibility index (Phi) is 5.84. The van der Waals surface area contributed by atoms with E-state index in [0.717, 1.165) is 6.07 Å². The van der Waals surface area contributed by atoms with Crippen LogP contribution in [0, 0.1) is 0 Å². The van der Waals surface area contributed by atoms with Crippen molar-refractivity contribution in [3.05, 3.63) is 102 Å². The number of hydrogen-bond donors (Lipinski definition) is 0. The van der Waals surface area contributed by atoms with Gasteiger partial charge in [0.15, 0.2) is 0 Å². The second-order valence-corrected chi connectivity index (χ2v) is 7.65. The van der Waals surface area contributed by atoms with Gasteiger partial charge in [0.2, 0.25) is 0 Å². The summed E-state index contributed by atoms with van der Waals surface area (Å²) in [6.07, 6.45) is -4.59. The fourth-order valence-corrected chi connectivity index (χ4v) is 4.27. The van der Waals surface area contributed by atoms with Crippen molar-refractivity contribution in [3.63, 3.8) is 0 Å². The summed E-state index contributed by atoms with van der Waals surface area (Å²) in [6.45, 7) is 0. The number of nitrogens with zero attached hydrogens (tertiary/aromatic N) is 1. The summed E-state index contributed by atoms with van der Waals surface area (Å²) in [7, 11) is 0. The lowest BCUT2D eigenvalue weighted by atomic mass is 9.83. The fraction of sp³-hybridized carbons (Fsp3) is 0.130. The number of halogens is 3. The highest BCUT2D eigenvalue weighted by atomic mass is 32.2. The summed E-state index contributed by atoms with van der Waals surface area (Å²) in [5, 5.41) is 0.577. The number of carbonyl (C=O) groups excluding carboxylic acids is 2. The zero-order chi connectivity index (χ0) is 22.0. The third-order valence-corrected chi connectivity index (χ3v) is 5.74. The first-order valence-corrected chi connectivity index (χ1v) is 10.1. The van der Waals surface area contributed by atoms with Crippen LogP contribution in [0.1, 0.15) is 28.5 Å². The van der Waals surface area contributed by atoms with E-state index in [4.69, 9.17) is 4.28 Å². The van der Waals surface area contributed by atoms with E-state index in [9.17, 15) is 22.8 Å². The zero-order valence-electron chi connectivity index (χ0n) is 16.0. The van der Waals surface area contributed by atoms with Crippen molar-refractivity contribution >= 4 is 23.9 Å². The summed E-state index contributed by atoms with van der Waals surface area (Å²) in [5.41, 5.74) is 0.348. The van der Waals surface area contributed by atoms with E-state index in [2.05, 4.69) is 0 Å². The van der Waals surface area contributed by atoms with Crippen LogP contribution in [0.4, 0.5) is 13.2 Å². The van der Waals surface area contributed by atoms with E-state index < -0.39 is 35.4 Å². The predicted molar refractivity (Wildman–Crippen MR) is 109 cm³/mol. The molecule has 2 amide bonds. The van der Waals surface area contributed by atoms with Gasteiger partial charge in [-0.1, -0.05) is 72.8 Å². The molecule has 4 rings (SSSR count). The lowest BCUT2D eigenvalue weighted by Crippen LogP contribution is -2.28. The van der Waals surface area contributed by atoms with Crippen LogP contribution < -0.4 is 0 Å². The summed E-state index contributed by atoms with van der Waals surface area (Å²) in [4.78, 5) is 26.1. The Morgan fingerprint density at radius 3 is 1.65 bits per heavy atom. The van der Waals surface area contributed by atoms with Gasteiger partial charge >= 0.3 is 6.18 Å². The number of alkyl halides is 3. The van der Waals surface area contributed by atoms with E-state index in [0.29, 0.717) is 28.2 Å². The van der Waals surface area contributed by atoms with Gasteiger partial charge in [-0.3, -0.25) is 9.59 Å². The molecule has 31 heavy (non-hydrogen) atoms. The smallest absolute Gasteiger partial charge is 0.271 e. The molecule has 8 heteroatoms. The molecule has 3 aromatic carbocycles. The van der Waals surface area contributed by atoms with E-state index in [1.54, 1.807) is 60.7 Å². The van der Waals surface area contributed by atoms with Crippen molar-refractivity contribution in [3.8, 4) is 0 Å². The number of amides is 2. The van der Waals surface area contributed by atoms with Gasteiger partial charge in [-0.05, 0) is 23.3 Å². The topological polar surface area (TPSA) is 46.6 Å². The Balaban J connectivity index is 1.65. The minimum atomic E-state index is -4.59. The highest BCUT2D eigenvalue weighted by Crippen LogP contribution is 2.44. The van der Waals surface area contributed by atoms with Gasteiger partial charge < -0.3 is 0 Å². The quantitative estimate of drug-likeness (QED) is 0.382. The van der Waals surface area contributed by atoms with Crippen LogP contribution in [-0.4, -0.2) is 16.9 Å². The van der Waals surface area contributed by atoms with Gasteiger partial charge in [-0.25, -0.2) is 0 Å². The molecule has 0 aromatic heterocycles. The SMILES string of the molecule is O=C1C(c2ccccc2)C(c2ccccc2)C(=O)N1OSc1ccccc1C(F)(F)F. The Hall–Kier alpha value is -3.10. The normalized spacial score (nSPS) is 19.1. The average Bonchev–Trinajstić information content (AvgIpc) is 3.02. The molecule has 0 aliphatic carbocycles. The van der Waals surface area contributed by atoms with Crippen molar-refractivity contribution in [2.45, 2.75) is 22.9 Å². The molecule has 158 valence electrons. The number of hydrogen-bond acceptors (Lipinski definition) is 4. The minimum absolute atomic E-state index is 0.241. The van der Waals surface area contributed by atoms with Crippen LogP contribution >= 0.6 is 12.0 Å². The molecule has 1 saturated heterocycles. The predicted octanol–water partition coefficient (Wildman–Crippen LogP) is 5.58. The number of carbonyl (C=O) groups is 2. The molecule has 1 aliphatic rings. The maximum absolute atomic E-state index is 13.3. The second-order valence-electron chi connectivity index (χ2n) is 6.90. The fourth-order valence-electron chi connectivity index (χ4n) is 3.56. The monoisotopic (exact) mass is 443 g/mol. The van der Waals surface area contributed by atoms with Crippen molar-refractivity contribution in [1.29, 1.82) is 0 Å². The second kappa shape index (κ2) is 8.56. The molecular weight excluding hydrogens is 427 g/mol. The summed E-state index contributed by atoms with van der Waals surface area (Å²) >= 11 is 0.337. The molecule has 3 aromatic rings. The van der Waals surface area contributed by atoms with Crippen LogP contribution in [-0.2, 0) is 20.0 Å². The molecule has 1 aliphatic heterocycles. The highest BCUT2D eigenvalue weighted by Gasteiger charge is 2.50. The first kappa shape index (κ1) is 21.1. The van der Waals surface area contributed by atoms with Crippen LogP contribution in [0.15, 0.2) is 89.8 Å². The maximum Gasteiger partial charge on any atom is 0.417 e. The first-order chi connectivity index (χ1) is 14.9. The van der Waals surface area contributed by atoms with Crippen molar-refractivity contribution in [1.82, 2.24) is 5.06 Å². The van der Waals surface area contributed by atoms with Gasteiger partial charge in [0.05, 0.1) is 34.3 Å². The molecular formula is C23H16F3NO3S.